The van der Waals surface area contributed by atoms with Gasteiger partial charge in [0, 0.05) is 43.9 Å². The topological polar surface area (TPSA) is 88.5 Å². The third kappa shape index (κ3) is 3.56. The van der Waals surface area contributed by atoms with Gasteiger partial charge in [-0.1, -0.05) is 18.1 Å². The number of rotatable bonds is 4. The molecule has 128 valence electrons. The fourth-order valence-electron chi connectivity index (χ4n) is 2.85. The van der Waals surface area contributed by atoms with E-state index in [4.69, 9.17) is 10.3 Å². The number of aromatic nitrogens is 2. The van der Waals surface area contributed by atoms with E-state index in [0.29, 0.717) is 42.6 Å². The van der Waals surface area contributed by atoms with Crippen LogP contribution in [0.3, 0.4) is 0 Å². The highest BCUT2D eigenvalue weighted by atomic mass is 16.5. The average Bonchev–Trinajstić information content (AvgIpc) is 3.05. The normalized spacial score (nSPS) is 15.7. The van der Waals surface area contributed by atoms with Gasteiger partial charge in [-0.15, -0.1) is 0 Å². The number of hydrogen-bond donors (Lipinski definition) is 1. The zero-order valence-corrected chi connectivity index (χ0v) is 14.2. The lowest BCUT2D eigenvalue weighted by molar-refractivity contribution is 0.0623. The highest BCUT2D eigenvalue weighted by Crippen LogP contribution is 2.17. The molecular formula is C17H23N5O2. The number of carbonyl (C=O) groups is 1. The first-order valence-corrected chi connectivity index (χ1v) is 8.26. The zero-order chi connectivity index (χ0) is 17.1. The van der Waals surface area contributed by atoms with Gasteiger partial charge in [-0.25, -0.2) is 0 Å². The molecule has 0 saturated carbocycles. The molecule has 7 heteroatoms. The molecular weight excluding hydrogens is 306 g/mol. The maximum absolute atomic E-state index is 12.7. The predicted octanol–water partition coefficient (Wildman–Crippen LogP) is 1.48. The molecule has 0 radical (unpaired) electrons. The molecule has 1 amide bonds. The Balaban J connectivity index is 1.58. The van der Waals surface area contributed by atoms with Gasteiger partial charge >= 0.3 is 0 Å². The predicted molar refractivity (Wildman–Crippen MR) is 90.4 cm³/mol. The van der Waals surface area contributed by atoms with Crippen LogP contribution in [0.25, 0.3) is 0 Å². The van der Waals surface area contributed by atoms with E-state index in [1.807, 2.05) is 30.9 Å². The molecule has 1 aliphatic rings. The van der Waals surface area contributed by atoms with Crippen molar-refractivity contribution in [3.05, 3.63) is 41.0 Å². The molecule has 7 nitrogen and oxygen atoms in total. The summed E-state index contributed by atoms with van der Waals surface area (Å²) in [5.41, 5.74) is 8.07. The SMILES string of the molecule is CCc1nc(CN2CCN(C(=O)c3cc(N)ccc3C)CC2)no1. The molecule has 1 saturated heterocycles. The second-order valence-electron chi connectivity index (χ2n) is 6.10. The Morgan fingerprint density at radius 2 is 2.04 bits per heavy atom. The first-order valence-electron chi connectivity index (χ1n) is 8.26. The molecule has 1 fully saturated rings. The van der Waals surface area contributed by atoms with Crippen LogP contribution in [0, 0.1) is 6.92 Å². The average molecular weight is 329 g/mol. The molecule has 2 heterocycles. The number of nitrogens with zero attached hydrogens (tertiary/aromatic N) is 4. The molecule has 0 spiro atoms. The Hall–Kier alpha value is -2.41. The Labute approximate surface area is 141 Å². The summed E-state index contributed by atoms with van der Waals surface area (Å²) in [6.07, 6.45) is 0.745. The van der Waals surface area contributed by atoms with E-state index in [1.165, 1.54) is 0 Å². The van der Waals surface area contributed by atoms with Gasteiger partial charge in [0.25, 0.3) is 5.91 Å². The van der Waals surface area contributed by atoms with Crippen molar-refractivity contribution in [2.75, 3.05) is 31.9 Å². The minimum atomic E-state index is 0.0484. The van der Waals surface area contributed by atoms with E-state index in [-0.39, 0.29) is 5.91 Å². The van der Waals surface area contributed by atoms with Crippen molar-refractivity contribution in [3.63, 3.8) is 0 Å². The third-order valence-electron chi connectivity index (χ3n) is 4.33. The Bertz CT molecular complexity index is 720. The molecule has 2 aromatic rings. The summed E-state index contributed by atoms with van der Waals surface area (Å²) in [5.74, 6) is 1.42. The number of nitrogen functional groups attached to an aromatic ring is 1. The maximum Gasteiger partial charge on any atom is 0.254 e. The Morgan fingerprint density at radius 1 is 1.29 bits per heavy atom. The van der Waals surface area contributed by atoms with Crippen molar-refractivity contribution in [2.45, 2.75) is 26.8 Å². The Morgan fingerprint density at radius 3 is 2.71 bits per heavy atom. The lowest BCUT2D eigenvalue weighted by Crippen LogP contribution is -2.48. The molecule has 24 heavy (non-hydrogen) atoms. The molecule has 1 aliphatic heterocycles. The standard InChI is InChI=1S/C17H23N5O2/c1-3-16-19-15(20-24-16)11-21-6-8-22(9-7-21)17(23)14-10-13(18)5-4-12(14)2/h4-5,10H,3,6-9,11,18H2,1-2H3. The number of nitrogens with two attached hydrogens (primary N) is 1. The number of carbonyl (C=O) groups excluding carboxylic acids is 1. The lowest BCUT2D eigenvalue weighted by Gasteiger charge is -2.34. The summed E-state index contributed by atoms with van der Waals surface area (Å²) in [5, 5.41) is 3.98. The van der Waals surface area contributed by atoms with Gasteiger partial charge in [0.2, 0.25) is 5.89 Å². The molecule has 0 atom stereocenters. The first-order chi connectivity index (χ1) is 11.6. The first kappa shape index (κ1) is 16.4. The molecule has 2 N–H and O–H groups in total. The molecule has 0 bridgehead atoms. The van der Waals surface area contributed by atoms with Crippen LogP contribution >= 0.6 is 0 Å². The fourth-order valence-corrected chi connectivity index (χ4v) is 2.85. The molecule has 3 rings (SSSR count). The summed E-state index contributed by atoms with van der Waals surface area (Å²) >= 11 is 0. The van der Waals surface area contributed by atoms with Gasteiger partial charge in [0.05, 0.1) is 6.54 Å². The van der Waals surface area contributed by atoms with E-state index in [9.17, 15) is 4.79 Å². The van der Waals surface area contributed by atoms with Crippen molar-refractivity contribution in [1.82, 2.24) is 19.9 Å². The minimum Gasteiger partial charge on any atom is -0.399 e. The monoisotopic (exact) mass is 329 g/mol. The summed E-state index contributed by atoms with van der Waals surface area (Å²) in [4.78, 5) is 21.1. The van der Waals surface area contributed by atoms with Crippen LogP contribution in [0.5, 0.6) is 0 Å². The van der Waals surface area contributed by atoms with Crippen LogP contribution < -0.4 is 5.73 Å². The van der Waals surface area contributed by atoms with Gasteiger partial charge in [-0.05, 0) is 24.6 Å². The molecule has 0 aliphatic carbocycles. The van der Waals surface area contributed by atoms with Crippen LogP contribution in [0.4, 0.5) is 5.69 Å². The molecule has 1 aromatic heterocycles. The fraction of sp³-hybridized carbons (Fsp3) is 0.471. The largest absolute Gasteiger partial charge is 0.399 e. The third-order valence-corrected chi connectivity index (χ3v) is 4.33. The summed E-state index contributed by atoms with van der Waals surface area (Å²) in [6.45, 7) is 7.54. The van der Waals surface area contributed by atoms with E-state index < -0.39 is 0 Å². The summed E-state index contributed by atoms with van der Waals surface area (Å²) in [6, 6.07) is 5.47. The summed E-state index contributed by atoms with van der Waals surface area (Å²) in [7, 11) is 0. The van der Waals surface area contributed by atoms with Crippen LogP contribution in [-0.2, 0) is 13.0 Å². The van der Waals surface area contributed by atoms with Crippen molar-refractivity contribution in [3.8, 4) is 0 Å². The van der Waals surface area contributed by atoms with Crippen LogP contribution in [0.2, 0.25) is 0 Å². The van der Waals surface area contributed by atoms with Crippen LogP contribution in [-0.4, -0.2) is 52.0 Å². The van der Waals surface area contributed by atoms with E-state index in [0.717, 1.165) is 25.1 Å². The van der Waals surface area contributed by atoms with Gasteiger partial charge in [0.15, 0.2) is 5.82 Å². The number of anilines is 1. The van der Waals surface area contributed by atoms with E-state index >= 15 is 0 Å². The minimum absolute atomic E-state index is 0.0484. The van der Waals surface area contributed by atoms with Gasteiger partial charge in [-0.2, -0.15) is 4.98 Å². The van der Waals surface area contributed by atoms with Crippen molar-refractivity contribution in [2.24, 2.45) is 0 Å². The van der Waals surface area contributed by atoms with Gasteiger partial charge in [-0.3, -0.25) is 9.69 Å². The number of hydrogen-bond acceptors (Lipinski definition) is 6. The van der Waals surface area contributed by atoms with Gasteiger partial charge in [0.1, 0.15) is 0 Å². The number of benzene rings is 1. The van der Waals surface area contributed by atoms with Crippen molar-refractivity contribution >= 4 is 11.6 Å². The summed E-state index contributed by atoms with van der Waals surface area (Å²) < 4.78 is 5.13. The van der Waals surface area contributed by atoms with E-state index in [1.54, 1.807) is 6.07 Å². The zero-order valence-electron chi connectivity index (χ0n) is 14.2. The van der Waals surface area contributed by atoms with Crippen molar-refractivity contribution < 1.29 is 9.32 Å². The number of aryl methyl sites for hydroxylation is 2. The van der Waals surface area contributed by atoms with E-state index in [2.05, 4.69) is 15.0 Å². The van der Waals surface area contributed by atoms with Gasteiger partial charge < -0.3 is 15.2 Å². The lowest BCUT2D eigenvalue weighted by atomic mass is 10.1. The number of amides is 1. The van der Waals surface area contributed by atoms with Crippen LogP contribution in [0.15, 0.2) is 22.7 Å². The molecule has 1 aromatic carbocycles. The second-order valence-corrected chi connectivity index (χ2v) is 6.10. The highest BCUT2D eigenvalue weighted by Gasteiger charge is 2.24. The Kier molecular flexibility index (Phi) is 4.80. The molecule has 0 unspecified atom stereocenters. The highest BCUT2D eigenvalue weighted by molar-refractivity contribution is 5.96. The number of piperazine rings is 1. The maximum atomic E-state index is 12.7. The van der Waals surface area contributed by atoms with Crippen molar-refractivity contribution in [1.29, 1.82) is 0 Å². The quantitative estimate of drug-likeness (QED) is 0.855. The second kappa shape index (κ2) is 7.00. The van der Waals surface area contributed by atoms with Crippen LogP contribution in [0.1, 0.15) is 34.6 Å². The smallest absolute Gasteiger partial charge is 0.254 e.